The summed E-state index contributed by atoms with van der Waals surface area (Å²) in [5.74, 6) is -2.05. The van der Waals surface area contributed by atoms with Crippen molar-refractivity contribution >= 4 is 18.0 Å². The van der Waals surface area contributed by atoms with Crippen molar-refractivity contribution < 1.29 is 32.9 Å². The molecule has 0 amide bonds. The summed E-state index contributed by atoms with van der Waals surface area (Å²) in [6.07, 6.45) is 5.20. The lowest BCUT2D eigenvalue weighted by molar-refractivity contribution is -0.244. The first-order chi connectivity index (χ1) is 15.0. The van der Waals surface area contributed by atoms with Gasteiger partial charge in [0.25, 0.3) is 5.79 Å². The lowest BCUT2D eigenvalue weighted by Gasteiger charge is -2.38. The summed E-state index contributed by atoms with van der Waals surface area (Å²) in [6, 6.07) is 11.3. The summed E-state index contributed by atoms with van der Waals surface area (Å²) in [4.78, 5) is 25.0. The molecule has 1 heterocycles. The molecule has 4 rings (SSSR count). The van der Waals surface area contributed by atoms with Gasteiger partial charge in [0.15, 0.2) is 11.5 Å². The fourth-order valence-electron chi connectivity index (χ4n) is 3.80. The molecule has 2 aromatic carbocycles. The van der Waals surface area contributed by atoms with Gasteiger partial charge < -0.3 is 18.9 Å². The molecule has 31 heavy (non-hydrogen) atoms. The molecule has 0 atom stereocenters. The third-order valence-electron chi connectivity index (χ3n) is 5.45. The molecular formula is C24H23FO6. The second-order valence-electron chi connectivity index (χ2n) is 7.60. The van der Waals surface area contributed by atoms with Crippen molar-refractivity contribution in [2.75, 3.05) is 7.11 Å². The van der Waals surface area contributed by atoms with Gasteiger partial charge in [0, 0.05) is 18.4 Å². The van der Waals surface area contributed by atoms with Crippen LogP contribution in [0.2, 0.25) is 0 Å². The van der Waals surface area contributed by atoms with E-state index < -0.39 is 17.7 Å². The quantitative estimate of drug-likeness (QED) is 0.397. The Morgan fingerprint density at radius 2 is 1.71 bits per heavy atom. The molecule has 2 aliphatic rings. The number of rotatable bonds is 5. The van der Waals surface area contributed by atoms with Crippen molar-refractivity contribution in [1.29, 1.82) is 0 Å². The molecular weight excluding hydrogens is 403 g/mol. The van der Waals surface area contributed by atoms with Crippen LogP contribution in [-0.4, -0.2) is 24.8 Å². The molecule has 0 radical (unpaired) electrons. The average molecular weight is 426 g/mol. The summed E-state index contributed by atoms with van der Waals surface area (Å²) < 4.78 is 35.9. The highest BCUT2D eigenvalue weighted by molar-refractivity contribution is 6.18. The molecule has 1 spiro atoms. The minimum atomic E-state index is -1.12. The Morgan fingerprint density at radius 3 is 2.39 bits per heavy atom. The van der Waals surface area contributed by atoms with E-state index in [1.165, 1.54) is 19.3 Å². The van der Waals surface area contributed by atoms with Crippen LogP contribution in [-0.2, 0) is 25.7 Å². The van der Waals surface area contributed by atoms with E-state index in [0.29, 0.717) is 35.5 Å². The molecule has 1 aliphatic carbocycles. The van der Waals surface area contributed by atoms with Crippen LogP contribution in [0.3, 0.4) is 0 Å². The summed E-state index contributed by atoms with van der Waals surface area (Å²) in [6.45, 7) is 0.0319. The summed E-state index contributed by atoms with van der Waals surface area (Å²) in [5, 5.41) is 0. The number of esters is 2. The van der Waals surface area contributed by atoms with E-state index >= 15 is 0 Å². The number of ether oxygens (including phenoxy) is 4. The van der Waals surface area contributed by atoms with Crippen LogP contribution in [0.4, 0.5) is 4.39 Å². The van der Waals surface area contributed by atoms with Crippen LogP contribution in [0.1, 0.15) is 43.2 Å². The summed E-state index contributed by atoms with van der Waals surface area (Å²) in [7, 11) is 1.47. The number of hydrogen-bond donors (Lipinski definition) is 0. The number of benzene rings is 2. The molecule has 1 aliphatic heterocycles. The maximum Gasteiger partial charge on any atom is 0.348 e. The molecule has 0 unspecified atom stereocenters. The van der Waals surface area contributed by atoms with E-state index in [4.69, 9.17) is 18.9 Å². The van der Waals surface area contributed by atoms with Crippen molar-refractivity contribution in [2.45, 2.75) is 44.5 Å². The highest BCUT2D eigenvalue weighted by atomic mass is 19.1. The first-order valence-electron chi connectivity index (χ1n) is 10.2. The lowest BCUT2D eigenvalue weighted by atomic mass is 9.93. The fraction of sp³-hybridized carbons (Fsp3) is 0.333. The van der Waals surface area contributed by atoms with Gasteiger partial charge in [0.1, 0.15) is 18.0 Å². The first-order valence-corrected chi connectivity index (χ1v) is 10.2. The largest absolute Gasteiger partial charge is 0.493 e. The summed E-state index contributed by atoms with van der Waals surface area (Å²) in [5.41, 5.74) is 0.789. The molecule has 0 N–H and O–H groups in total. The molecule has 0 bridgehead atoms. The lowest BCUT2D eigenvalue weighted by Crippen LogP contribution is -2.47. The number of carbonyl (C=O) groups excluding carboxylic acids is 2. The standard InChI is InChI=1S/C24H23FO6/c1-28-21-14-16(9-10-20(21)29-15-17-7-3-4-8-19(17)25)13-18-22(26)30-24(31-23(18)27)11-5-2-6-12-24/h3-4,7-10,13-14H,2,5-6,11-12,15H2,1H3. The second-order valence-corrected chi connectivity index (χ2v) is 7.60. The van der Waals surface area contributed by atoms with Crippen molar-refractivity contribution in [2.24, 2.45) is 0 Å². The number of methoxy groups -OCH3 is 1. The third-order valence-corrected chi connectivity index (χ3v) is 5.45. The Kier molecular flexibility index (Phi) is 5.93. The molecule has 1 saturated carbocycles. The predicted molar refractivity (Wildman–Crippen MR) is 110 cm³/mol. The molecule has 2 aromatic rings. The van der Waals surface area contributed by atoms with Crippen LogP contribution in [0.5, 0.6) is 11.5 Å². The van der Waals surface area contributed by atoms with Gasteiger partial charge in [0.05, 0.1) is 7.11 Å². The van der Waals surface area contributed by atoms with E-state index in [2.05, 4.69) is 0 Å². The van der Waals surface area contributed by atoms with Crippen molar-refractivity contribution in [3.63, 3.8) is 0 Å². The molecule has 162 valence electrons. The Bertz CT molecular complexity index is 1000. The molecule has 2 fully saturated rings. The zero-order chi connectivity index (χ0) is 21.8. The zero-order valence-electron chi connectivity index (χ0n) is 17.2. The minimum absolute atomic E-state index is 0.0319. The van der Waals surface area contributed by atoms with Gasteiger partial charge in [-0.05, 0) is 42.7 Å². The zero-order valence-corrected chi connectivity index (χ0v) is 17.2. The maximum atomic E-state index is 13.8. The Hall–Kier alpha value is -3.35. The van der Waals surface area contributed by atoms with Crippen LogP contribution in [0, 0.1) is 5.82 Å². The van der Waals surface area contributed by atoms with Crippen molar-refractivity contribution in [3.05, 3.63) is 65.0 Å². The van der Waals surface area contributed by atoms with Gasteiger partial charge >= 0.3 is 11.9 Å². The SMILES string of the molecule is COc1cc(C=C2C(=O)OC3(CCCCC3)OC2=O)ccc1OCc1ccccc1F. The smallest absolute Gasteiger partial charge is 0.348 e. The fourth-order valence-corrected chi connectivity index (χ4v) is 3.80. The maximum absolute atomic E-state index is 13.8. The van der Waals surface area contributed by atoms with Crippen LogP contribution in [0.15, 0.2) is 48.0 Å². The van der Waals surface area contributed by atoms with Crippen molar-refractivity contribution in [1.82, 2.24) is 0 Å². The van der Waals surface area contributed by atoms with E-state index in [9.17, 15) is 14.0 Å². The highest BCUT2D eigenvalue weighted by Crippen LogP contribution is 2.38. The van der Waals surface area contributed by atoms with Gasteiger partial charge in [-0.2, -0.15) is 0 Å². The number of halogens is 1. The van der Waals surface area contributed by atoms with Crippen molar-refractivity contribution in [3.8, 4) is 11.5 Å². The molecule has 1 saturated heterocycles. The summed E-state index contributed by atoms with van der Waals surface area (Å²) >= 11 is 0. The van der Waals surface area contributed by atoms with Crippen LogP contribution >= 0.6 is 0 Å². The van der Waals surface area contributed by atoms with Gasteiger partial charge in [0.2, 0.25) is 0 Å². The van der Waals surface area contributed by atoms with Gasteiger partial charge in [-0.3, -0.25) is 0 Å². The molecule has 0 aromatic heterocycles. The Balaban J connectivity index is 1.51. The Morgan fingerprint density at radius 1 is 1.00 bits per heavy atom. The predicted octanol–water partition coefficient (Wildman–Crippen LogP) is 4.56. The van der Waals surface area contributed by atoms with E-state index in [1.807, 2.05) is 0 Å². The highest BCUT2D eigenvalue weighted by Gasteiger charge is 2.46. The Labute approximate surface area is 179 Å². The number of carbonyl (C=O) groups is 2. The molecule has 7 heteroatoms. The van der Waals surface area contributed by atoms with Gasteiger partial charge in [-0.25, -0.2) is 14.0 Å². The topological polar surface area (TPSA) is 71.1 Å². The number of hydrogen-bond acceptors (Lipinski definition) is 6. The third kappa shape index (κ3) is 4.55. The van der Waals surface area contributed by atoms with Crippen LogP contribution in [0.25, 0.3) is 6.08 Å². The first kappa shape index (κ1) is 20.9. The van der Waals surface area contributed by atoms with E-state index in [-0.39, 0.29) is 18.0 Å². The van der Waals surface area contributed by atoms with Gasteiger partial charge in [-0.15, -0.1) is 0 Å². The monoisotopic (exact) mass is 426 g/mol. The van der Waals surface area contributed by atoms with E-state index in [0.717, 1.165) is 19.3 Å². The normalized spacial score (nSPS) is 17.7. The molecule has 6 nitrogen and oxygen atoms in total. The van der Waals surface area contributed by atoms with Crippen LogP contribution < -0.4 is 9.47 Å². The van der Waals surface area contributed by atoms with E-state index in [1.54, 1.807) is 36.4 Å². The average Bonchev–Trinajstić information content (AvgIpc) is 2.76. The van der Waals surface area contributed by atoms with Gasteiger partial charge in [-0.1, -0.05) is 30.7 Å². The minimum Gasteiger partial charge on any atom is -0.493 e. The second kappa shape index (κ2) is 8.79.